The van der Waals surface area contributed by atoms with Crippen LogP contribution in [0, 0.1) is 6.92 Å². The molecule has 2 rings (SSSR count). The van der Waals surface area contributed by atoms with E-state index in [0.29, 0.717) is 5.56 Å². The minimum Gasteiger partial charge on any atom is -0.345 e. The predicted molar refractivity (Wildman–Crippen MR) is 65.9 cm³/mol. The average Bonchev–Trinajstić information content (AvgIpc) is 2.69. The van der Waals surface area contributed by atoms with Crippen LogP contribution in [-0.2, 0) is 7.05 Å². The van der Waals surface area contributed by atoms with Gasteiger partial charge in [0.25, 0.3) is 5.91 Å². The second-order valence-electron chi connectivity index (χ2n) is 4.17. The van der Waals surface area contributed by atoms with E-state index < -0.39 is 0 Å². The van der Waals surface area contributed by atoms with Gasteiger partial charge in [0.1, 0.15) is 0 Å². The van der Waals surface area contributed by atoms with E-state index in [0.717, 1.165) is 11.3 Å². The van der Waals surface area contributed by atoms with Crippen molar-refractivity contribution in [2.75, 3.05) is 0 Å². The monoisotopic (exact) mass is 245 g/mol. The Hall–Kier alpha value is -2.24. The third-order valence-corrected chi connectivity index (χ3v) is 2.71. The van der Waals surface area contributed by atoms with Gasteiger partial charge < -0.3 is 5.32 Å². The number of rotatable bonds is 3. The van der Waals surface area contributed by atoms with Crippen molar-refractivity contribution in [3.05, 3.63) is 41.5 Å². The van der Waals surface area contributed by atoms with Gasteiger partial charge in [-0.1, -0.05) is 0 Å². The van der Waals surface area contributed by atoms with Gasteiger partial charge in [0.05, 0.1) is 29.7 Å². The van der Waals surface area contributed by atoms with Crippen LogP contribution < -0.4 is 5.32 Å². The van der Waals surface area contributed by atoms with Crippen molar-refractivity contribution in [2.24, 2.45) is 7.05 Å². The normalized spacial score (nSPS) is 12.2. The predicted octanol–water partition coefficient (Wildman–Crippen LogP) is 1.01. The highest BCUT2D eigenvalue weighted by atomic mass is 16.1. The van der Waals surface area contributed by atoms with Crippen LogP contribution in [0.25, 0.3) is 0 Å². The third kappa shape index (κ3) is 2.53. The number of carbonyl (C=O) groups excluding carboxylic acids is 1. The summed E-state index contributed by atoms with van der Waals surface area (Å²) in [4.78, 5) is 11.9. The standard InChI is InChI=1S/C12H15N5O/c1-8(11-7-17(3)16-9(11)2)15-12(18)10-4-5-13-14-6-10/h4-8H,1-3H3,(H,15,18). The lowest BCUT2D eigenvalue weighted by Crippen LogP contribution is -2.27. The van der Waals surface area contributed by atoms with Crippen molar-refractivity contribution in [2.45, 2.75) is 19.9 Å². The van der Waals surface area contributed by atoms with Gasteiger partial charge in [0.15, 0.2) is 0 Å². The molecule has 1 amide bonds. The van der Waals surface area contributed by atoms with Gasteiger partial charge in [-0.2, -0.15) is 15.3 Å². The van der Waals surface area contributed by atoms with Gasteiger partial charge in [0, 0.05) is 18.8 Å². The number of aryl methyl sites for hydroxylation is 2. The van der Waals surface area contributed by atoms with Crippen molar-refractivity contribution in [3.63, 3.8) is 0 Å². The molecule has 94 valence electrons. The van der Waals surface area contributed by atoms with Crippen molar-refractivity contribution in [1.29, 1.82) is 0 Å². The first kappa shape index (κ1) is 12.2. The second kappa shape index (κ2) is 4.95. The van der Waals surface area contributed by atoms with Crippen molar-refractivity contribution in [1.82, 2.24) is 25.3 Å². The zero-order valence-electron chi connectivity index (χ0n) is 10.6. The Bertz CT molecular complexity index is 549. The lowest BCUT2D eigenvalue weighted by Gasteiger charge is -2.12. The van der Waals surface area contributed by atoms with E-state index in [1.807, 2.05) is 27.1 Å². The molecule has 0 aliphatic carbocycles. The Labute approximate surface area is 105 Å². The van der Waals surface area contributed by atoms with Crippen LogP contribution in [0.1, 0.15) is 34.6 Å². The van der Waals surface area contributed by atoms with Crippen LogP contribution >= 0.6 is 0 Å². The summed E-state index contributed by atoms with van der Waals surface area (Å²) in [5.74, 6) is -0.166. The van der Waals surface area contributed by atoms with Crippen molar-refractivity contribution < 1.29 is 4.79 Å². The Kier molecular flexibility index (Phi) is 3.36. The lowest BCUT2D eigenvalue weighted by atomic mass is 10.1. The number of carbonyl (C=O) groups is 1. The first-order chi connectivity index (χ1) is 8.58. The molecule has 0 aromatic carbocycles. The molecule has 1 unspecified atom stereocenters. The highest BCUT2D eigenvalue weighted by Gasteiger charge is 2.15. The van der Waals surface area contributed by atoms with Gasteiger partial charge in [-0.3, -0.25) is 9.48 Å². The number of nitrogens with one attached hydrogen (secondary N) is 1. The number of hydrogen-bond donors (Lipinski definition) is 1. The number of nitrogens with zero attached hydrogens (tertiary/aromatic N) is 4. The van der Waals surface area contributed by atoms with E-state index in [1.165, 1.54) is 12.4 Å². The van der Waals surface area contributed by atoms with Crippen molar-refractivity contribution in [3.8, 4) is 0 Å². The zero-order chi connectivity index (χ0) is 13.1. The van der Waals surface area contributed by atoms with Crippen molar-refractivity contribution >= 4 is 5.91 Å². The van der Waals surface area contributed by atoms with Crippen LogP contribution in [0.5, 0.6) is 0 Å². The van der Waals surface area contributed by atoms with E-state index in [1.54, 1.807) is 10.7 Å². The number of amides is 1. The summed E-state index contributed by atoms with van der Waals surface area (Å²) in [6.07, 6.45) is 4.85. The molecule has 0 fully saturated rings. The highest BCUT2D eigenvalue weighted by Crippen LogP contribution is 2.15. The molecule has 6 nitrogen and oxygen atoms in total. The molecule has 18 heavy (non-hydrogen) atoms. The van der Waals surface area contributed by atoms with Gasteiger partial charge >= 0.3 is 0 Å². The molecule has 2 heterocycles. The summed E-state index contributed by atoms with van der Waals surface area (Å²) in [6.45, 7) is 3.85. The zero-order valence-corrected chi connectivity index (χ0v) is 10.6. The highest BCUT2D eigenvalue weighted by molar-refractivity contribution is 5.93. The summed E-state index contributed by atoms with van der Waals surface area (Å²) < 4.78 is 1.74. The van der Waals surface area contributed by atoms with Gasteiger partial charge in [-0.25, -0.2) is 0 Å². The maximum absolute atomic E-state index is 11.9. The fourth-order valence-corrected chi connectivity index (χ4v) is 1.83. The molecular weight excluding hydrogens is 230 g/mol. The van der Waals surface area contributed by atoms with Gasteiger partial charge in [0.2, 0.25) is 0 Å². The molecule has 0 radical (unpaired) electrons. The van der Waals surface area contributed by atoms with Crippen LogP contribution in [0.4, 0.5) is 0 Å². The molecule has 2 aromatic rings. The average molecular weight is 245 g/mol. The Balaban J connectivity index is 2.10. The molecule has 0 saturated heterocycles. The lowest BCUT2D eigenvalue weighted by molar-refractivity contribution is 0.0939. The topological polar surface area (TPSA) is 72.7 Å². The Morgan fingerprint density at radius 1 is 1.44 bits per heavy atom. The molecule has 1 N–H and O–H groups in total. The molecule has 6 heteroatoms. The number of hydrogen-bond acceptors (Lipinski definition) is 4. The minimum atomic E-state index is -0.166. The summed E-state index contributed by atoms with van der Waals surface area (Å²) in [5.41, 5.74) is 2.42. The molecule has 0 spiro atoms. The Morgan fingerprint density at radius 3 is 2.78 bits per heavy atom. The quantitative estimate of drug-likeness (QED) is 0.875. The maximum atomic E-state index is 11.9. The first-order valence-electron chi connectivity index (χ1n) is 5.65. The van der Waals surface area contributed by atoms with E-state index >= 15 is 0 Å². The molecule has 0 aliphatic rings. The molecular formula is C12H15N5O. The van der Waals surface area contributed by atoms with E-state index in [9.17, 15) is 4.79 Å². The largest absolute Gasteiger partial charge is 0.345 e. The first-order valence-corrected chi connectivity index (χ1v) is 5.65. The minimum absolute atomic E-state index is 0.0978. The molecule has 0 bridgehead atoms. The summed E-state index contributed by atoms with van der Waals surface area (Å²) >= 11 is 0. The Morgan fingerprint density at radius 2 is 2.22 bits per heavy atom. The fraction of sp³-hybridized carbons (Fsp3) is 0.333. The molecule has 0 aliphatic heterocycles. The van der Waals surface area contributed by atoms with Crippen LogP contribution in [0.15, 0.2) is 24.7 Å². The van der Waals surface area contributed by atoms with Gasteiger partial charge in [-0.15, -0.1) is 0 Å². The third-order valence-electron chi connectivity index (χ3n) is 2.71. The molecule has 1 atom stereocenters. The maximum Gasteiger partial charge on any atom is 0.253 e. The molecule has 2 aromatic heterocycles. The fourth-order valence-electron chi connectivity index (χ4n) is 1.83. The second-order valence-corrected chi connectivity index (χ2v) is 4.17. The van der Waals surface area contributed by atoms with Crippen LogP contribution in [-0.4, -0.2) is 25.9 Å². The van der Waals surface area contributed by atoms with Crippen LogP contribution in [0.2, 0.25) is 0 Å². The van der Waals surface area contributed by atoms with E-state index in [-0.39, 0.29) is 11.9 Å². The summed E-state index contributed by atoms with van der Waals surface area (Å²) in [5, 5.41) is 14.5. The number of aromatic nitrogens is 4. The SMILES string of the molecule is Cc1nn(C)cc1C(C)NC(=O)c1ccnnc1. The smallest absolute Gasteiger partial charge is 0.253 e. The van der Waals surface area contributed by atoms with Crippen LogP contribution in [0.3, 0.4) is 0 Å². The van der Waals surface area contributed by atoms with E-state index in [4.69, 9.17) is 0 Å². The van der Waals surface area contributed by atoms with Gasteiger partial charge in [-0.05, 0) is 19.9 Å². The summed E-state index contributed by atoms with van der Waals surface area (Å²) in [7, 11) is 1.86. The summed E-state index contributed by atoms with van der Waals surface area (Å²) in [6, 6.07) is 1.53. The van der Waals surface area contributed by atoms with E-state index in [2.05, 4.69) is 20.6 Å². The molecule has 0 saturated carbocycles.